The molecule has 1 aromatic carbocycles. The van der Waals surface area contributed by atoms with Crippen LogP contribution in [0.4, 0.5) is 0 Å². The Morgan fingerprint density at radius 2 is 1.84 bits per heavy atom. The predicted molar refractivity (Wildman–Crippen MR) is 119 cm³/mol. The van der Waals surface area contributed by atoms with E-state index in [9.17, 15) is 0 Å². The number of ether oxygens (including phenoxy) is 1. The third-order valence-electron chi connectivity index (χ3n) is 4.11. The van der Waals surface area contributed by atoms with E-state index in [1.807, 2.05) is 42.5 Å². The van der Waals surface area contributed by atoms with Crippen molar-refractivity contribution in [2.75, 3.05) is 7.11 Å². The molecule has 0 amide bonds. The van der Waals surface area contributed by atoms with Gasteiger partial charge in [-0.05, 0) is 55.5 Å². The van der Waals surface area contributed by atoms with Gasteiger partial charge in [0.15, 0.2) is 0 Å². The molecule has 9 heteroatoms. The zero-order chi connectivity index (χ0) is 22.4. The highest BCUT2D eigenvalue weighted by atomic mass is 32.1. The number of aryl methyl sites for hydroxylation is 1. The number of rotatable bonds is 4. The fourth-order valence-electron chi connectivity index (χ4n) is 2.74. The quantitative estimate of drug-likeness (QED) is 0.461. The summed E-state index contributed by atoms with van der Waals surface area (Å²) in [5, 5.41) is 14.8. The first-order valence-corrected chi connectivity index (χ1v) is 9.89. The summed E-state index contributed by atoms with van der Waals surface area (Å²) in [6.45, 7) is 2.11. The molecule has 4 rings (SSSR count). The smallest absolute Gasteiger partial charge is 0.414 e. The molecule has 0 aliphatic heterocycles. The van der Waals surface area contributed by atoms with Crippen LogP contribution in [0.25, 0.3) is 29.0 Å². The minimum Gasteiger partial charge on any atom is -0.497 e. The molecule has 8 nitrogen and oxygen atoms in total. The monoisotopic (exact) mass is 437 g/mol. The lowest BCUT2D eigenvalue weighted by Gasteiger charge is -2.06. The maximum Gasteiger partial charge on any atom is 0.414 e. The molecule has 0 fully saturated rings. The van der Waals surface area contributed by atoms with Gasteiger partial charge in [-0.3, -0.25) is 4.57 Å². The number of carboxylic acids is 2. The summed E-state index contributed by atoms with van der Waals surface area (Å²) in [7, 11) is 1.66. The molecule has 158 valence electrons. The molecule has 4 aromatic rings. The van der Waals surface area contributed by atoms with Crippen LogP contribution in [0.2, 0.25) is 0 Å². The van der Waals surface area contributed by atoms with Crippen molar-refractivity contribution in [3.05, 3.63) is 70.3 Å². The fourth-order valence-corrected chi connectivity index (χ4v) is 3.52. The second-order valence-corrected chi connectivity index (χ2v) is 7.56. The van der Waals surface area contributed by atoms with E-state index in [0.717, 1.165) is 28.4 Å². The lowest BCUT2D eigenvalue weighted by atomic mass is 10.3. The van der Waals surface area contributed by atoms with Gasteiger partial charge in [0.1, 0.15) is 17.4 Å². The number of carbonyl (C=O) groups is 2. The minimum absolute atomic E-state index is 0.794. The van der Waals surface area contributed by atoms with E-state index in [1.54, 1.807) is 24.6 Å². The van der Waals surface area contributed by atoms with E-state index < -0.39 is 11.9 Å². The molecule has 0 bridgehead atoms. The van der Waals surface area contributed by atoms with Crippen molar-refractivity contribution in [1.29, 1.82) is 0 Å². The number of aromatic nitrogens is 3. The van der Waals surface area contributed by atoms with E-state index in [0.29, 0.717) is 0 Å². The van der Waals surface area contributed by atoms with Crippen molar-refractivity contribution in [1.82, 2.24) is 14.5 Å². The number of imidazole rings is 1. The molecule has 0 aliphatic carbocycles. The summed E-state index contributed by atoms with van der Waals surface area (Å²) in [5.41, 5.74) is 1.88. The van der Waals surface area contributed by atoms with Gasteiger partial charge in [-0.1, -0.05) is 6.07 Å². The van der Waals surface area contributed by atoms with Crippen molar-refractivity contribution in [2.45, 2.75) is 6.92 Å². The summed E-state index contributed by atoms with van der Waals surface area (Å²) in [6, 6.07) is 16.0. The number of pyridine rings is 1. The number of carboxylic acid groups (broad SMARTS) is 2. The second kappa shape index (κ2) is 9.68. The first kappa shape index (κ1) is 21.7. The van der Waals surface area contributed by atoms with E-state index in [-0.39, 0.29) is 0 Å². The molecule has 2 N–H and O–H groups in total. The van der Waals surface area contributed by atoms with Crippen molar-refractivity contribution in [2.24, 2.45) is 0 Å². The average Bonchev–Trinajstić information content (AvgIpc) is 3.35. The number of aliphatic carboxylic acids is 2. The van der Waals surface area contributed by atoms with Crippen LogP contribution < -0.4 is 4.74 Å². The van der Waals surface area contributed by atoms with Crippen LogP contribution in [0.1, 0.15) is 15.6 Å². The zero-order valence-corrected chi connectivity index (χ0v) is 17.5. The molecular weight excluding hydrogens is 418 g/mol. The minimum atomic E-state index is -1.82. The average molecular weight is 437 g/mol. The predicted octanol–water partition coefficient (Wildman–Crippen LogP) is 4.13. The van der Waals surface area contributed by atoms with Crippen molar-refractivity contribution in [3.8, 4) is 11.6 Å². The van der Waals surface area contributed by atoms with Crippen LogP contribution in [0.5, 0.6) is 5.75 Å². The highest BCUT2D eigenvalue weighted by Gasteiger charge is 2.12. The molecular formula is C22H19N3O5S. The Morgan fingerprint density at radius 1 is 1.06 bits per heavy atom. The van der Waals surface area contributed by atoms with Gasteiger partial charge in [-0.25, -0.2) is 19.6 Å². The van der Waals surface area contributed by atoms with Gasteiger partial charge in [0.05, 0.1) is 18.1 Å². The van der Waals surface area contributed by atoms with E-state index >= 15 is 0 Å². The summed E-state index contributed by atoms with van der Waals surface area (Å²) in [5.74, 6) is -1.17. The topological polar surface area (TPSA) is 115 Å². The van der Waals surface area contributed by atoms with Crippen LogP contribution in [0.3, 0.4) is 0 Å². The fraction of sp³-hybridized carbons (Fsp3) is 0.0909. The number of nitrogens with zero attached hydrogens (tertiary/aromatic N) is 3. The Balaban J connectivity index is 0.000000401. The van der Waals surface area contributed by atoms with Gasteiger partial charge < -0.3 is 14.9 Å². The molecule has 0 saturated carbocycles. The molecule has 0 aliphatic rings. The Labute approximate surface area is 181 Å². The van der Waals surface area contributed by atoms with E-state index in [1.165, 1.54) is 9.75 Å². The number of hydrogen-bond donors (Lipinski definition) is 2. The Morgan fingerprint density at radius 3 is 2.42 bits per heavy atom. The molecule has 0 atom stereocenters. The number of methoxy groups -OCH3 is 1. The van der Waals surface area contributed by atoms with Crippen LogP contribution in [-0.4, -0.2) is 43.8 Å². The Kier molecular flexibility index (Phi) is 6.78. The number of thiophene rings is 1. The lowest BCUT2D eigenvalue weighted by molar-refractivity contribution is -0.159. The highest BCUT2D eigenvalue weighted by Crippen LogP contribution is 2.26. The number of hydrogen-bond acceptors (Lipinski definition) is 6. The number of fused-ring (bicyclic) bond motifs is 1. The molecule has 0 saturated heterocycles. The standard InChI is InChI=1S/C20H17N3OS.C2H2O4/c1-14-6-8-16(25-14)9-11-20-22-17-13-15(24-2)7-10-18(17)23(20)19-5-3-4-12-21-19;3-1(4)2(5)6/h3-13H,1-2H3;(H,3,4)(H,5,6). The molecule has 0 unspecified atom stereocenters. The molecule has 3 aromatic heterocycles. The number of benzene rings is 1. The normalized spacial score (nSPS) is 10.6. The van der Waals surface area contributed by atoms with Crippen molar-refractivity contribution in [3.63, 3.8) is 0 Å². The maximum absolute atomic E-state index is 9.10. The largest absolute Gasteiger partial charge is 0.497 e. The molecule has 0 radical (unpaired) electrons. The second-order valence-electron chi connectivity index (χ2n) is 6.24. The molecule has 3 heterocycles. The van der Waals surface area contributed by atoms with Gasteiger partial charge >= 0.3 is 11.9 Å². The van der Waals surface area contributed by atoms with Gasteiger partial charge in [-0.2, -0.15) is 0 Å². The van der Waals surface area contributed by atoms with Crippen LogP contribution in [0.15, 0.2) is 54.7 Å². The summed E-state index contributed by atoms with van der Waals surface area (Å²) in [4.78, 5) is 30.0. The third kappa shape index (κ3) is 5.34. The van der Waals surface area contributed by atoms with Crippen LogP contribution in [-0.2, 0) is 9.59 Å². The van der Waals surface area contributed by atoms with Gasteiger partial charge in [0.2, 0.25) is 0 Å². The van der Waals surface area contributed by atoms with Crippen molar-refractivity contribution >= 4 is 46.5 Å². The van der Waals surface area contributed by atoms with Crippen LogP contribution >= 0.6 is 11.3 Å². The summed E-state index contributed by atoms with van der Waals surface area (Å²) in [6.07, 6.45) is 5.92. The first-order chi connectivity index (χ1) is 14.9. The lowest BCUT2D eigenvalue weighted by Crippen LogP contribution is -2.09. The Bertz CT molecular complexity index is 1230. The summed E-state index contributed by atoms with van der Waals surface area (Å²) < 4.78 is 7.39. The van der Waals surface area contributed by atoms with Gasteiger partial charge in [0.25, 0.3) is 0 Å². The Hall–Kier alpha value is -3.98. The van der Waals surface area contributed by atoms with E-state index in [2.05, 4.69) is 34.7 Å². The van der Waals surface area contributed by atoms with E-state index in [4.69, 9.17) is 29.5 Å². The molecule has 31 heavy (non-hydrogen) atoms. The highest BCUT2D eigenvalue weighted by molar-refractivity contribution is 7.12. The maximum atomic E-state index is 9.10. The summed E-state index contributed by atoms with van der Waals surface area (Å²) >= 11 is 1.76. The third-order valence-corrected chi connectivity index (χ3v) is 5.07. The van der Waals surface area contributed by atoms with Gasteiger partial charge in [-0.15, -0.1) is 11.3 Å². The zero-order valence-electron chi connectivity index (χ0n) is 16.7. The van der Waals surface area contributed by atoms with Gasteiger partial charge in [0, 0.05) is 22.0 Å². The van der Waals surface area contributed by atoms with Crippen LogP contribution in [0, 0.1) is 6.92 Å². The first-order valence-electron chi connectivity index (χ1n) is 9.07. The molecule has 0 spiro atoms. The van der Waals surface area contributed by atoms with Crippen molar-refractivity contribution < 1.29 is 24.5 Å². The SMILES string of the molecule is COc1ccc2c(c1)nc(C=Cc1ccc(C)s1)n2-c1ccccn1.O=C(O)C(=O)O.